The van der Waals surface area contributed by atoms with E-state index in [0.717, 1.165) is 43.0 Å². The number of rotatable bonds is 6. The zero-order valence-corrected chi connectivity index (χ0v) is 23.8. The molecule has 5 rings (SSSR count). The van der Waals surface area contributed by atoms with Crippen LogP contribution in [0.2, 0.25) is 0 Å². The third-order valence-electron chi connectivity index (χ3n) is 6.71. The van der Waals surface area contributed by atoms with Gasteiger partial charge in [-0.15, -0.1) is 5.10 Å². The maximum absolute atomic E-state index is 12.9. The predicted octanol–water partition coefficient (Wildman–Crippen LogP) is 4.51. The van der Waals surface area contributed by atoms with Crippen molar-refractivity contribution in [3.8, 4) is 0 Å². The predicted molar refractivity (Wildman–Crippen MR) is 153 cm³/mol. The number of aryl methyl sites for hydroxylation is 1. The Kier molecular flexibility index (Phi) is 10.4. The Labute approximate surface area is 229 Å². The molecule has 10 heteroatoms. The number of fused-ring (bicyclic) bond motifs is 1. The van der Waals surface area contributed by atoms with Crippen LogP contribution in [0.5, 0.6) is 0 Å². The number of nitrogens with one attached hydrogen (secondary N) is 1. The standard InChI is InChI=1S/C21H29N7O2.C6H5F.C2H6/c1-5-6-10-27-21(30)19(15(3)25(27)4)20(29)23-16-9-11-26(13-16)18-8-7-17-22-12-14(2)28(17)24-18;7-6-4-2-1-3-5-6;1-2/h7-8,12,16H,5-6,9-11,13H2,1-4H3,(H,23,29);1-5H;1-2H3/t16-;;/m0../s1. The molecule has 4 aromatic rings. The highest BCUT2D eigenvalue weighted by atomic mass is 19.1. The van der Waals surface area contributed by atoms with Crippen molar-refractivity contribution in [1.82, 2.24) is 29.3 Å². The molecule has 1 atom stereocenters. The van der Waals surface area contributed by atoms with Crippen LogP contribution in [0.15, 0.2) is 53.5 Å². The summed E-state index contributed by atoms with van der Waals surface area (Å²) >= 11 is 0. The summed E-state index contributed by atoms with van der Waals surface area (Å²) in [4.78, 5) is 32.2. The van der Waals surface area contributed by atoms with Crippen LogP contribution in [0.25, 0.3) is 5.65 Å². The molecule has 210 valence electrons. The average Bonchev–Trinajstić information content (AvgIpc) is 3.62. The van der Waals surface area contributed by atoms with Crippen LogP contribution < -0.4 is 15.8 Å². The molecule has 0 unspecified atom stereocenters. The summed E-state index contributed by atoms with van der Waals surface area (Å²) in [6.45, 7) is 12.0. The Morgan fingerprint density at radius 2 is 1.85 bits per heavy atom. The lowest BCUT2D eigenvalue weighted by atomic mass is 10.2. The van der Waals surface area contributed by atoms with Crippen molar-refractivity contribution < 1.29 is 9.18 Å². The lowest BCUT2D eigenvalue weighted by Crippen LogP contribution is -2.39. The van der Waals surface area contributed by atoms with Crippen molar-refractivity contribution in [2.24, 2.45) is 7.05 Å². The van der Waals surface area contributed by atoms with Crippen LogP contribution >= 0.6 is 0 Å². The number of carbonyl (C=O) groups excluding carboxylic acids is 1. The maximum atomic E-state index is 12.9. The second-order valence-corrected chi connectivity index (χ2v) is 9.33. The van der Waals surface area contributed by atoms with Crippen LogP contribution in [0.1, 0.15) is 61.8 Å². The fourth-order valence-corrected chi connectivity index (χ4v) is 4.49. The zero-order chi connectivity index (χ0) is 28.5. The summed E-state index contributed by atoms with van der Waals surface area (Å²) in [6.07, 6.45) is 4.51. The molecular formula is C29H40FN7O2. The van der Waals surface area contributed by atoms with E-state index in [1.54, 1.807) is 33.8 Å². The number of unbranched alkanes of at least 4 members (excludes halogenated alkanes) is 1. The van der Waals surface area contributed by atoms with Crippen LogP contribution in [0, 0.1) is 19.7 Å². The highest BCUT2D eigenvalue weighted by Crippen LogP contribution is 2.19. The molecule has 4 heterocycles. The van der Waals surface area contributed by atoms with Gasteiger partial charge in [-0.3, -0.25) is 19.0 Å². The third kappa shape index (κ3) is 6.93. The molecular weight excluding hydrogens is 497 g/mol. The number of nitrogens with zero attached hydrogens (tertiary/aromatic N) is 6. The molecule has 1 N–H and O–H groups in total. The summed E-state index contributed by atoms with van der Waals surface area (Å²) in [5.74, 6) is 0.393. The second-order valence-electron chi connectivity index (χ2n) is 9.33. The van der Waals surface area contributed by atoms with Gasteiger partial charge in [-0.25, -0.2) is 13.9 Å². The largest absolute Gasteiger partial charge is 0.353 e. The zero-order valence-electron chi connectivity index (χ0n) is 23.8. The molecule has 1 fully saturated rings. The lowest BCUT2D eigenvalue weighted by molar-refractivity contribution is 0.0938. The molecule has 0 radical (unpaired) electrons. The van der Waals surface area contributed by atoms with Gasteiger partial charge in [0.15, 0.2) is 5.65 Å². The van der Waals surface area contributed by atoms with E-state index < -0.39 is 0 Å². The average molecular weight is 538 g/mol. The molecule has 0 bridgehead atoms. The van der Waals surface area contributed by atoms with E-state index in [2.05, 4.69) is 27.2 Å². The number of halogens is 1. The number of benzene rings is 1. The molecule has 9 nitrogen and oxygen atoms in total. The minimum Gasteiger partial charge on any atom is -0.353 e. The first-order chi connectivity index (χ1) is 18.8. The van der Waals surface area contributed by atoms with Gasteiger partial charge in [-0.05, 0) is 51.0 Å². The molecule has 1 aliphatic rings. The number of carbonyl (C=O) groups is 1. The van der Waals surface area contributed by atoms with Gasteiger partial charge in [-0.1, -0.05) is 45.4 Å². The van der Waals surface area contributed by atoms with Gasteiger partial charge < -0.3 is 10.2 Å². The van der Waals surface area contributed by atoms with Crippen LogP contribution in [-0.2, 0) is 13.6 Å². The van der Waals surface area contributed by atoms with Crippen molar-refractivity contribution in [3.05, 3.63) is 81.8 Å². The van der Waals surface area contributed by atoms with Crippen LogP contribution in [-0.4, -0.2) is 49.0 Å². The Morgan fingerprint density at radius 1 is 1.13 bits per heavy atom. The summed E-state index contributed by atoms with van der Waals surface area (Å²) < 4.78 is 17.2. The van der Waals surface area contributed by atoms with E-state index in [1.165, 1.54) is 12.1 Å². The minimum absolute atomic E-state index is 0.0259. The monoisotopic (exact) mass is 537 g/mol. The molecule has 0 spiro atoms. The molecule has 0 saturated carbocycles. The van der Waals surface area contributed by atoms with E-state index in [1.807, 2.05) is 51.4 Å². The number of hydrogen-bond donors (Lipinski definition) is 1. The van der Waals surface area contributed by atoms with E-state index in [0.29, 0.717) is 18.8 Å². The molecule has 1 saturated heterocycles. The Balaban J connectivity index is 0.000000401. The number of anilines is 1. The Bertz CT molecular complexity index is 1420. The number of hydrogen-bond acceptors (Lipinski definition) is 5. The van der Waals surface area contributed by atoms with Crippen molar-refractivity contribution in [3.63, 3.8) is 0 Å². The van der Waals surface area contributed by atoms with Gasteiger partial charge in [-0.2, -0.15) is 0 Å². The summed E-state index contributed by atoms with van der Waals surface area (Å²) in [5, 5.41) is 7.73. The lowest BCUT2D eigenvalue weighted by Gasteiger charge is -2.18. The van der Waals surface area contributed by atoms with E-state index >= 15 is 0 Å². The summed E-state index contributed by atoms with van der Waals surface area (Å²) in [5.41, 5.74) is 2.54. The topological polar surface area (TPSA) is 89.5 Å². The molecule has 1 amide bonds. The summed E-state index contributed by atoms with van der Waals surface area (Å²) in [6, 6.07) is 11.8. The quantitative estimate of drug-likeness (QED) is 0.391. The van der Waals surface area contributed by atoms with Crippen molar-refractivity contribution in [2.75, 3.05) is 18.0 Å². The van der Waals surface area contributed by atoms with Crippen LogP contribution in [0.3, 0.4) is 0 Å². The van der Waals surface area contributed by atoms with Gasteiger partial charge in [0.2, 0.25) is 0 Å². The molecule has 0 aliphatic carbocycles. The van der Waals surface area contributed by atoms with E-state index in [4.69, 9.17) is 0 Å². The maximum Gasteiger partial charge on any atom is 0.279 e. The minimum atomic E-state index is -0.288. The normalized spacial score (nSPS) is 14.4. The van der Waals surface area contributed by atoms with Gasteiger partial charge in [0, 0.05) is 38.4 Å². The third-order valence-corrected chi connectivity index (χ3v) is 6.71. The number of imidazole rings is 1. The number of aromatic nitrogens is 5. The summed E-state index contributed by atoms with van der Waals surface area (Å²) in [7, 11) is 1.83. The number of amides is 1. The Hall–Kier alpha value is -3.95. The van der Waals surface area contributed by atoms with E-state index in [-0.39, 0.29) is 28.9 Å². The molecule has 39 heavy (non-hydrogen) atoms. The smallest absolute Gasteiger partial charge is 0.279 e. The van der Waals surface area contributed by atoms with Crippen LogP contribution in [0.4, 0.5) is 10.2 Å². The van der Waals surface area contributed by atoms with E-state index in [9.17, 15) is 14.0 Å². The van der Waals surface area contributed by atoms with Gasteiger partial charge in [0.05, 0.1) is 11.9 Å². The molecule has 1 aliphatic heterocycles. The molecule has 1 aromatic carbocycles. The van der Waals surface area contributed by atoms with Gasteiger partial charge in [0.25, 0.3) is 11.5 Å². The van der Waals surface area contributed by atoms with Crippen molar-refractivity contribution >= 4 is 17.4 Å². The molecule has 3 aromatic heterocycles. The van der Waals surface area contributed by atoms with Crippen molar-refractivity contribution in [2.45, 2.75) is 66.5 Å². The first kappa shape index (κ1) is 29.6. The first-order valence-electron chi connectivity index (χ1n) is 13.6. The first-order valence-corrected chi connectivity index (χ1v) is 13.6. The highest BCUT2D eigenvalue weighted by Gasteiger charge is 2.28. The Morgan fingerprint density at radius 3 is 2.49 bits per heavy atom. The van der Waals surface area contributed by atoms with Gasteiger partial charge >= 0.3 is 0 Å². The van der Waals surface area contributed by atoms with Crippen molar-refractivity contribution in [1.29, 1.82) is 0 Å². The van der Waals surface area contributed by atoms with Gasteiger partial charge in [0.1, 0.15) is 17.2 Å². The SMILES string of the molecule is CC.CCCCn1c(=O)c(C(=O)N[C@H]2CCN(c3ccc4ncc(C)n4n3)C2)c(C)n1C.Fc1ccccc1. The fraction of sp³-hybridized carbons (Fsp3) is 0.448. The highest BCUT2D eigenvalue weighted by molar-refractivity contribution is 5.95. The fourth-order valence-electron chi connectivity index (χ4n) is 4.49. The second kappa shape index (κ2) is 13.7.